The first-order valence-electron chi connectivity index (χ1n) is 7.07. The van der Waals surface area contributed by atoms with Crippen LogP contribution in [0.2, 0.25) is 0 Å². The van der Waals surface area contributed by atoms with Crippen LogP contribution in [-0.4, -0.2) is 27.2 Å². The molecule has 1 unspecified atom stereocenters. The Labute approximate surface area is 139 Å². The van der Waals surface area contributed by atoms with Gasteiger partial charge in [-0.25, -0.2) is 13.8 Å². The van der Waals surface area contributed by atoms with Crippen LogP contribution < -0.4 is 5.56 Å². The molecule has 24 heavy (non-hydrogen) atoms. The number of nitrogens with zero attached hydrogens (tertiary/aromatic N) is 3. The van der Waals surface area contributed by atoms with E-state index in [1.165, 1.54) is 39.9 Å². The maximum atomic E-state index is 13.4. The number of hydrogen-bond acceptors (Lipinski definition) is 4. The maximum absolute atomic E-state index is 13.4. The molecule has 124 valence electrons. The number of amides is 1. The Morgan fingerprint density at radius 1 is 1.33 bits per heavy atom. The summed E-state index contributed by atoms with van der Waals surface area (Å²) in [7, 11) is 1.50. The molecule has 3 rings (SSSR count). The molecule has 1 atom stereocenters. The molecule has 3 aromatic rings. The molecule has 0 spiro atoms. The monoisotopic (exact) mass is 349 g/mol. The summed E-state index contributed by atoms with van der Waals surface area (Å²) in [6.45, 7) is 1.67. The fraction of sp³-hybridized carbons (Fsp3) is 0.188. The third kappa shape index (κ3) is 2.69. The minimum Gasteiger partial charge on any atom is -0.335 e. The molecule has 0 radical (unpaired) electrons. The minimum absolute atomic E-state index is 0.0807. The van der Waals surface area contributed by atoms with Gasteiger partial charge in [-0.15, -0.1) is 11.3 Å². The number of benzene rings is 1. The predicted octanol–water partition coefficient (Wildman–Crippen LogP) is 2.87. The van der Waals surface area contributed by atoms with E-state index in [2.05, 4.69) is 4.98 Å². The van der Waals surface area contributed by atoms with Gasteiger partial charge in [0.15, 0.2) is 16.6 Å². The maximum Gasteiger partial charge on any atom is 0.271 e. The second-order valence-corrected chi connectivity index (χ2v) is 6.17. The normalized spacial score (nSPS) is 12.3. The van der Waals surface area contributed by atoms with E-state index in [1.54, 1.807) is 18.5 Å². The van der Waals surface area contributed by atoms with E-state index >= 15 is 0 Å². The van der Waals surface area contributed by atoms with Crippen LogP contribution in [0.1, 0.15) is 28.9 Å². The highest BCUT2D eigenvalue weighted by Gasteiger charge is 2.23. The lowest BCUT2D eigenvalue weighted by Gasteiger charge is -2.25. The van der Waals surface area contributed by atoms with Gasteiger partial charge in [-0.3, -0.25) is 14.0 Å². The average Bonchev–Trinajstić information content (AvgIpc) is 3.05. The number of thiazole rings is 1. The summed E-state index contributed by atoms with van der Waals surface area (Å²) in [5.74, 6) is -2.47. The summed E-state index contributed by atoms with van der Waals surface area (Å²) in [6.07, 6.45) is 2.79. The molecule has 2 heterocycles. The van der Waals surface area contributed by atoms with Gasteiger partial charge in [-0.05, 0) is 24.6 Å². The van der Waals surface area contributed by atoms with Gasteiger partial charge in [0.2, 0.25) is 0 Å². The quantitative estimate of drug-likeness (QED) is 0.731. The number of hydrogen-bond donors (Lipinski definition) is 0. The molecule has 0 fully saturated rings. The Morgan fingerprint density at radius 2 is 2.08 bits per heavy atom. The fourth-order valence-corrected chi connectivity index (χ4v) is 3.01. The number of carbonyl (C=O) groups excluding carboxylic acids is 1. The molecule has 2 aromatic heterocycles. The number of rotatable bonds is 3. The van der Waals surface area contributed by atoms with Crippen LogP contribution >= 0.6 is 11.3 Å². The first-order valence-corrected chi connectivity index (χ1v) is 7.95. The van der Waals surface area contributed by atoms with Gasteiger partial charge in [0.1, 0.15) is 5.56 Å². The second-order valence-electron chi connectivity index (χ2n) is 5.30. The minimum atomic E-state index is -0.985. The SMILES string of the molecule is CC(c1ccc(F)c(F)c1)N(C)C(=O)c1cnc2sccn2c1=O. The molecule has 0 aliphatic rings. The van der Waals surface area contributed by atoms with Crippen molar-refractivity contribution in [2.45, 2.75) is 13.0 Å². The lowest BCUT2D eigenvalue weighted by atomic mass is 10.1. The van der Waals surface area contributed by atoms with Crippen LogP contribution in [0.15, 0.2) is 40.8 Å². The summed E-state index contributed by atoms with van der Waals surface area (Å²) >= 11 is 1.29. The topological polar surface area (TPSA) is 54.7 Å². The summed E-state index contributed by atoms with van der Waals surface area (Å²) in [4.78, 5) is 30.8. The zero-order valence-electron chi connectivity index (χ0n) is 12.9. The lowest BCUT2D eigenvalue weighted by molar-refractivity contribution is 0.0740. The Kier molecular flexibility index (Phi) is 4.15. The van der Waals surface area contributed by atoms with Gasteiger partial charge in [0.25, 0.3) is 11.5 Å². The van der Waals surface area contributed by atoms with Crippen molar-refractivity contribution in [3.63, 3.8) is 0 Å². The zero-order valence-corrected chi connectivity index (χ0v) is 13.7. The van der Waals surface area contributed by atoms with E-state index in [4.69, 9.17) is 0 Å². The molecule has 0 N–H and O–H groups in total. The Bertz CT molecular complexity index is 983. The molecule has 0 aliphatic carbocycles. The van der Waals surface area contributed by atoms with Crippen molar-refractivity contribution < 1.29 is 13.6 Å². The van der Waals surface area contributed by atoms with Crippen LogP contribution in [0.3, 0.4) is 0 Å². The van der Waals surface area contributed by atoms with Gasteiger partial charge in [0, 0.05) is 24.8 Å². The van der Waals surface area contributed by atoms with Gasteiger partial charge >= 0.3 is 0 Å². The molecule has 5 nitrogen and oxygen atoms in total. The fourth-order valence-electron chi connectivity index (χ4n) is 2.33. The van der Waals surface area contributed by atoms with Crippen LogP contribution in [0.5, 0.6) is 0 Å². The number of fused-ring (bicyclic) bond motifs is 1. The summed E-state index contributed by atoms with van der Waals surface area (Å²) in [6, 6.07) is 2.90. The molecule has 0 saturated carbocycles. The highest BCUT2D eigenvalue weighted by atomic mass is 32.1. The van der Waals surface area contributed by atoms with Crippen LogP contribution in [-0.2, 0) is 0 Å². The number of aromatic nitrogens is 2. The van der Waals surface area contributed by atoms with E-state index in [0.717, 1.165) is 12.1 Å². The molecule has 0 aliphatic heterocycles. The molecule has 0 bridgehead atoms. The third-order valence-electron chi connectivity index (χ3n) is 3.90. The van der Waals surface area contributed by atoms with Crippen molar-refractivity contribution in [2.75, 3.05) is 7.05 Å². The summed E-state index contributed by atoms with van der Waals surface area (Å²) in [5, 5.41) is 1.70. The van der Waals surface area contributed by atoms with Crippen LogP contribution in [0.25, 0.3) is 4.96 Å². The lowest BCUT2D eigenvalue weighted by Crippen LogP contribution is -2.34. The third-order valence-corrected chi connectivity index (χ3v) is 4.67. The number of carbonyl (C=O) groups is 1. The summed E-state index contributed by atoms with van der Waals surface area (Å²) < 4.78 is 27.7. The van der Waals surface area contributed by atoms with Crippen LogP contribution in [0.4, 0.5) is 8.78 Å². The van der Waals surface area contributed by atoms with Gasteiger partial charge in [-0.1, -0.05) is 6.07 Å². The highest BCUT2D eigenvalue weighted by molar-refractivity contribution is 7.15. The molecule has 1 aromatic carbocycles. The first kappa shape index (κ1) is 16.3. The van der Waals surface area contributed by atoms with Gasteiger partial charge in [-0.2, -0.15) is 0 Å². The van der Waals surface area contributed by atoms with E-state index in [9.17, 15) is 18.4 Å². The first-order chi connectivity index (χ1) is 11.4. The van der Waals surface area contributed by atoms with E-state index in [1.807, 2.05) is 0 Å². The van der Waals surface area contributed by atoms with Crippen molar-refractivity contribution in [3.05, 3.63) is 69.1 Å². The zero-order chi connectivity index (χ0) is 17.4. The molecular weight excluding hydrogens is 336 g/mol. The molecular formula is C16H13F2N3O2S. The van der Waals surface area contributed by atoms with Crippen molar-refractivity contribution in [1.29, 1.82) is 0 Å². The van der Waals surface area contributed by atoms with E-state index in [0.29, 0.717) is 10.5 Å². The standard InChI is InChI=1S/C16H13F2N3O2S/c1-9(10-3-4-12(17)13(18)7-10)20(2)14(22)11-8-19-16-21(15(11)23)5-6-24-16/h3-9H,1-2H3. The van der Waals surface area contributed by atoms with Gasteiger partial charge < -0.3 is 4.90 Å². The average molecular weight is 349 g/mol. The van der Waals surface area contributed by atoms with Crippen molar-refractivity contribution >= 4 is 22.2 Å². The van der Waals surface area contributed by atoms with E-state index in [-0.39, 0.29) is 5.56 Å². The van der Waals surface area contributed by atoms with Crippen molar-refractivity contribution in [1.82, 2.24) is 14.3 Å². The molecule has 0 saturated heterocycles. The number of halogens is 2. The smallest absolute Gasteiger partial charge is 0.271 e. The second kappa shape index (κ2) is 6.12. The van der Waals surface area contributed by atoms with Crippen molar-refractivity contribution in [3.8, 4) is 0 Å². The molecule has 8 heteroatoms. The van der Waals surface area contributed by atoms with Crippen LogP contribution in [0, 0.1) is 11.6 Å². The highest BCUT2D eigenvalue weighted by Crippen LogP contribution is 2.22. The van der Waals surface area contributed by atoms with Gasteiger partial charge in [0.05, 0.1) is 6.04 Å². The summed E-state index contributed by atoms with van der Waals surface area (Å²) in [5.41, 5.74) is -0.118. The predicted molar refractivity (Wildman–Crippen MR) is 86.2 cm³/mol. The Balaban J connectivity index is 1.94. The largest absolute Gasteiger partial charge is 0.335 e. The van der Waals surface area contributed by atoms with E-state index < -0.39 is 29.1 Å². The molecule has 1 amide bonds. The van der Waals surface area contributed by atoms with Crippen molar-refractivity contribution in [2.24, 2.45) is 0 Å². The Hall–Kier alpha value is -2.61. The Morgan fingerprint density at radius 3 is 2.79 bits per heavy atom.